The van der Waals surface area contributed by atoms with Gasteiger partial charge in [-0.05, 0) is 19.8 Å². The summed E-state index contributed by atoms with van der Waals surface area (Å²) in [5.41, 5.74) is 0. The van der Waals surface area contributed by atoms with Gasteiger partial charge in [-0.25, -0.2) is 8.78 Å². The first-order chi connectivity index (χ1) is 5.99. The molecule has 2 nitrogen and oxygen atoms in total. The monoisotopic (exact) mass is 194 g/mol. The van der Waals surface area contributed by atoms with Gasteiger partial charge in [0.15, 0.2) is 0 Å². The van der Waals surface area contributed by atoms with Crippen LogP contribution in [0.15, 0.2) is 0 Å². The molecule has 0 aliphatic carbocycles. The average molecular weight is 194 g/mol. The van der Waals surface area contributed by atoms with Crippen LogP contribution in [-0.4, -0.2) is 30.3 Å². The summed E-state index contributed by atoms with van der Waals surface area (Å²) in [6, 6.07) is 0. The molecule has 0 bridgehead atoms. The number of hydrogen-bond donors (Lipinski definition) is 1. The topological polar surface area (TPSA) is 29.5 Å². The molecule has 4 heteroatoms. The Labute approximate surface area is 76.9 Å². The summed E-state index contributed by atoms with van der Waals surface area (Å²) >= 11 is 0. The highest BCUT2D eigenvalue weighted by Crippen LogP contribution is 2.24. The van der Waals surface area contributed by atoms with Crippen LogP contribution in [0.25, 0.3) is 0 Å². The van der Waals surface area contributed by atoms with Gasteiger partial charge in [-0.2, -0.15) is 0 Å². The summed E-state index contributed by atoms with van der Waals surface area (Å²) in [5, 5.41) is 9.31. The molecule has 1 fully saturated rings. The highest BCUT2D eigenvalue weighted by Gasteiger charge is 2.27. The Morgan fingerprint density at radius 2 is 2.15 bits per heavy atom. The van der Waals surface area contributed by atoms with Crippen LogP contribution in [0, 0.1) is 5.92 Å². The third-order valence-electron chi connectivity index (χ3n) is 2.36. The lowest BCUT2D eigenvalue weighted by Gasteiger charge is -2.14. The fraction of sp³-hybridized carbons (Fsp3) is 1.00. The van der Waals surface area contributed by atoms with Crippen molar-refractivity contribution in [2.45, 2.75) is 38.2 Å². The van der Waals surface area contributed by atoms with Crippen LogP contribution in [-0.2, 0) is 4.74 Å². The summed E-state index contributed by atoms with van der Waals surface area (Å²) in [6.45, 7) is 1.79. The zero-order valence-electron chi connectivity index (χ0n) is 7.80. The van der Waals surface area contributed by atoms with Gasteiger partial charge in [0.25, 0.3) is 0 Å². The molecular formula is C9H16F2O2. The summed E-state index contributed by atoms with van der Waals surface area (Å²) in [6.07, 6.45) is 0.528. The Morgan fingerprint density at radius 1 is 1.46 bits per heavy atom. The summed E-state index contributed by atoms with van der Waals surface area (Å²) in [7, 11) is 0. The van der Waals surface area contributed by atoms with E-state index in [4.69, 9.17) is 4.74 Å². The van der Waals surface area contributed by atoms with Crippen molar-refractivity contribution >= 4 is 0 Å². The standard InChI is InChI=1S/C9H16F2O2/c1-9(10,11)4-2-3-7-5-13-6-8(7)12/h7-8,12H,2-6H2,1H3/t7-,8-/m1/s1. The Bertz CT molecular complexity index is 156. The minimum Gasteiger partial charge on any atom is -0.390 e. The third-order valence-corrected chi connectivity index (χ3v) is 2.36. The van der Waals surface area contributed by atoms with Crippen molar-refractivity contribution in [2.24, 2.45) is 5.92 Å². The maximum atomic E-state index is 12.4. The Kier molecular flexibility index (Phi) is 3.62. The molecule has 0 aromatic rings. The lowest BCUT2D eigenvalue weighted by atomic mass is 9.98. The van der Waals surface area contributed by atoms with Crippen LogP contribution in [0.4, 0.5) is 8.78 Å². The molecule has 13 heavy (non-hydrogen) atoms. The minimum atomic E-state index is -2.58. The van der Waals surface area contributed by atoms with Gasteiger partial charge in [-0.1, -0.05) is 0 Å². The van der Waals surface area contributed by atoms with Gasteiger partial charge < -0.3 is 9.84 Å². The lowest BCUT2D eigenvalue weighted by molar-refractivity contribution is 0.00795. The summed E-state index contributed by atoms with van der Waals surface area (Å²) in [4.78, 5) is 0. The Morgan fingerprint density at radius 3 is 2.62 bits per heavy atom. The maximum Gasteiger partial charge on any atom is 0.245 e. The largest absolute Gasteiger partial charge is 0.390 e. The second kappa shape index (κ2) is 4.33. The van der Waals surface area contributed by atoms with Crippen LogP contribution >= 0.6 is 0 Å². The molecule has 0 spiro atoms. The van der Waals surface area contributed by atoms with E-state index in [2.05, 4.69) is 0 Å². The Hall–Kier alpha value is -0.220. The molecule has 1 aliphatic heterocycles. The van der Waals surface area contributed by atoms with Gasteiger partial charge in [0.2, 0.25) is 5.92 Å². The molecule has 1 aliphatic rings. The van der Waals surface area contributed by atoms with Crippen LogP contribution in [0.1, 0.15) is 26.2 Å². The minimum absolute atomic E-state index is 0.0577. The highest BCUT2D eigenvalue weighted by molar-refractivity contribution is 4.74. The van der Waals surface area contributed by atoms with E-state index in [0.29, 0.717) is 26.1 Å². The highest BCUT2D eigenvalue weighted by atomic mass is 19.3. The number of hydrogen-bond acceptors (Lipinski definition) is 2. The predicted molar refractivity (Wildman–Crippen MR) is 44.8 cm³/mol. The molecule has 0 amide bonds. The van der Waals surface area contributed by atoms with Crippen molar-refractivity contribution in [3.63, 3.8) is 0 Å². The maximum absolute atomic E-state index is 12.4. The van der Waals surface area contributed by atoms with Gasteiger partial charge in [0.1, 0.15) is 0 Å². The molecular weight excluding hydrogens is 178 g/mol. The van der Waals surface area contributed by atoms with Crippen LogP contribution < -0.4 is 0 Å². The number of alkyl halides is 2. The number of aliphatic hydroxyl groups excluding tert-OH is 1. The fourth-order valence-electron chi connectivity index (χ4n) is 1.54. The van der Waals surface area contributed by atoms with Gasteiger partial charge in [-0.3, -0.25) is 0 Å². The van der Waals surface area contributed by atoms with Gasteiger partial charge in [-0.15, -0.1) is 0 Å². The SMILES string of the molecule is CC(F)(F)CCC[C@@H]1COC[C@H]1O. The van der Waals surface area contributed by atoms with Crippen molar-refractivity contribution in [1.82, 2.24) is 0 Å². The smallest absolute Gasteiger partial charge is 0.245 e. The number of aliphatic hydroxyl groups is 1. The molecule has 1 saturated heterocycles. The average Bonchev–Trinajstić information content (AvgIpc) is 2.34. The van der Waals surface area contributed by atoms with Crippen LogP contribution in [0.3, 0.4) is 0 Å². The van der Waals surface area contributed by atoms with E-state index < -0.39 is 12.0 Å². The van der Waals surface area contributed by atoms with E-state index in [1.165, 1.54) is 0 Å². The summed E-state index contributed by atoms with van der Waals surface area (Å²) in [5.74, 6) is -2.52. The summed E-state index contributed by atoms with van der Waals surface area (Å²) < 4.78 is 29.8. The molecule has 0 unspecified atom stereocenters. The van der Waals surface area contributed by atoms with E-state index in [1.54, 1.807) is 0 Å². The molecule has 78 valence electrons. The molecule has 0 radical (unpaired) electrons. The van der Waals surface area contributed by atoms with E-state index >= 15 is 0 Å². The fourth-order valence-corrected chi connectivity index (χ4v) is 1.54. The zero-order chi connectivity index (χ0) is 9.90. The quantitative estimate of drug-likeness (QED) is 0.739. The van der Waals surface area contributed by atoms with E-state index in [1.807, 2.05) is 0 Å². The van der Waals surface area contributed by atoms with E-state index in [0.717, 1.165) is 6.92 Å². The first-order valence-corrected chi connectivity index (χ1v) is 4.63. The number of halogens is 2. The van der Waals surface area contributed by atoms with Gasteiger partial charge >= 0.3 is 0 Å². The van der Waals surface area contributed by atoms with E-state index in [9.17, 15) is 13.9 Å². The first-order valence-electron chi connectivity index (χ1n) is 4.63. The van der Waals surface area contributed by atoms with Gasteiger partial charge in [0, 0.05) is 12.3 Å². The van der Waals surface area contributed by atoms with Crippen molar-refractivity contribution < 1.29 is 18.6 Å². The molecule has 0 aromatic heterocycles. The number of ether oxygens (including phenoxy) is 1. The molecule has 0 saturated carbocycles. The van der Waals surface area contributed by atoms with Crippen molar-refractivity contribution in [2.75, 3.05) is 13.2 Å². The second-order valence-electron chi connectivity index (χ2n) is 3.83. The number of rotatable bonds is 4. The molecule has 1 heterocycles. The zero-order valence-corrected chi connectivity index (χ0v) is 7.80. The molecule has 2 atom stereocenters. The second-order valence-corrected chi connectivity index (χ2v) is 3.83. The van der Waals surface area contributed by atoms with Crippen molar-refractivity contribution in [3.05, 3.63) is 0 Å². The van der Waals surface area contributed by atoms with Gasteiger partial charge in [0.05, 0.1) is 19.3 Å². The molecule has 1 rings (SSSR count). The third kappa shape index (κ3) is 4.00. The van der Waals surface area contributed by atoms with Crippen LogP contribution in [0.2, 0.25) is 0 Å². The Balaban J connectivity index is 2.12. The normalized spacial score (nSPS) is 29.5. The van der Waals surface area contributed by atoms with E-state index in [-0.39, 0.29) is 12.3 Å². The lowest BCUT2D eigenvalue weighted by Crippen LogP contribution is -2.18. The van der Waals surface area contributed by atoms with Crippen molar-refractivity contribution in [3.8, 4) is 0 Å². The predicted octanol–water partition coefficient (Wildman–Crippen LogP) is 1.82. The molecule has 0 aromatic carbocycles. The molecule has 1 N–H and O–H groups in total. The van der Waals surface area contributed by atoms with Crippen LogP contribution in [0.5, 0.6) is 0 Å². The first kappa shape index (κ1) is 10.9. The van der Waals surface area contributed by atoms with Crippen molar-refractivity contribution in [1.29, 1.82) is 0 Å².